The monoisotopic (exact) mass is 321 g/mol. The van der Waals surface area contributed by atoms with Crippen LogP contribution in [0.25, 0.3) is 0 Å². The van der Waals surface area contributed by atoms with Gasteiger partial charge in [0.25, 0.3) is 0 Å². The Kier molecular flexibility index (Phi) is 5.65. The maximum Gasteiger partial charge on any atom is 0.387 e. The van der Waals surface area contributed by atoms with E-state index in [9.17, 15) is 18.7 Å². The van der Waals surface area contributed by atoms with Crippen LogP contribution in [0.5, 0.6) is 5.75 Å². The zero-order valence-electron chi connectivity index (χ0n) is 12.5. The third-order valence-corrected chi connectivity index (χ3v) is 3.28. The molecule has 0 aliphatic carbocycles. The molecule has 2 N–H and O–H groups in total. The molecule has 2 aromatic rings. The molecule has 0 saturated heterocycles. The average Bonchev–Trinajstić information content (AvgIpc) is 2.51. The van der Waals surface area contributed by atoms with Gasteiger partial charge in [-0.2, -0.15) is 8.78 Å². The molecule has 6 heteroatoms. The van der Waals surface area contributed by atoms with Crippen LogP contribution >= 0.6 is 0 Å². The minimum atomic E-state index is -2.98. The number of carbonyl (C=O) groups excluding carboxylic acids is 1. The number of hydrogen-bond acceptors (Lipinski definition) is 3. The third kappa shape index (κ3) is 4.75. The SMILES string of the molecule is Cc1cccc(OC(F)F)c1NC(=O)CC(O)c1ccccc1. The van der Waals surface area contributed by atoms with Crippen LogP contribution in [0.2, 0.25) is 0 Å². The molecule has 4 nitrogen and oxygen atoms in total. The van der Waals surface area contributed by atoms with E-state index >= 15 is 0 Å². The number of aryl methyl sites for hydroxylation is 1. The van der Waals surface area contributed by atoms with Gasteiger partial charge in [-0.1, -0.05) is 42.5 Å². The molecular formula is C17H17F2NO3. The number of benzene rings is 2. The number of rotatable bonds is 6. The predicted octanol–water partition coefficient (Wildman–Crippen LogP) is 3.66. The molecule has 2 rings (SSSR count). The Labute approximate surface area is 132 Å². The molecule has 0 spiro atoms. The normalized spacial score (nSPS) is 12.0. The van der Waals surface area contributed by atoms with Crippen molar-refractivity contribution in [2.75, 3.05) is 5.32 Å². The largest absolute Gasteiger partial charge is 0.433 e. The molecule has 1 atom stereocenters. The van der Waals surface area contributed by atoms with Crippen LogP contribution in [-0.2, 0) is 4.79 Å². The summed E-state index contributed by atoms with van der Waals surface area (Å²) in [6.45, 7) is -1.32. The van der Waals surface area contributed by atoms with E-state index in [1.165, 1.54) is 6.07 Å². The van der Waals surface area contributed by atoms with E-state index < -0.39 is 18.6 Å². The maximum absolute atomic E-state index is 12.4. The number of amides is 1. The highest BCUT2D eigenvalue weighted by Crippen LogP contribution is 2.30. The first-order chi connectivity index (χ1) is 11.0. The maximum atomic E-state index is 12.4. The van der Waals surface area contributed by atoms with Crippen LogP contribution in [-0.4, -0.2) is 17.6 Å². The summed E-state index contributed by atoms with van der Waals surface area (Å²) in [5, 5.41) is 12.6. The van der Waals surface area contributed by atoms with E-state index in [1.807, 2.05) is 0 Å². The minimum absolute atomic E-state index is 0.109. The molecule has 0 bridgehead atoms. The zero-order valence-corrected chi connectivity index (χ0v) is 12.5. The lowest BCUT2D eigenvalue weighted by molar-refractivity contribution is -0.118. The van der Waals surface area contributed by atoms with Crippen molar-refractivity contribution in [2.45, 2.75) is 26.1 Å². The van der Waals surface area contributed by atoms with Crippen molar-refractivity contribution in [2.24, 2.45) is 0 Å². The number of aliphatic hydroxyl groups excluding tert-OH is 1. The van der Waals surface area contributed by atoms with Gasteiger partial charge in [0.1, 0.15) is 5.75 Å². The van der Waals surface area contributed by atoms with Crippen LogP contribution < -0.4 is 10.1 Å². The number of halogens is 2. The number of ether oxygens (including phenoxy) is 1. The standard InChI is InChI=1S/C17H17F2NO3/c1-11-6-5-9-14(23-17(18)19)16(11)20-15(22)10-13(21)12-7-3-2-4-8-12/h2-9,13,17,21H,10H2,1H3,(H,20,22). The molecular weight excluding hydrogens is 304 g/mol. The van der Waals surface area contributed by atoms with Crippen molar-refractivity contribution in [1.29, 1.82) is 0 Å². The smallest absolute Gasteiger partial charge is 0.387 e. The van der Waals surface area contributed by atoms with Crippen LogP contribution in [0.3, 0.4) is 0 Å². The molecule has 0 aromatic heterocycles. The number of para-hydroxylation sites is 1. The summed E-state index contributed by atoms with van der Waals surface area (Å²) in [7, 11) is 0. The molecule has 23 heavy (non-hydrogen) atoms. The minimum Gasteiger partial charge on any atom is -0.433 e. The van der Waals surface area contributed by atoms with Crippen LogP contribution in [0, 0.1) is 6.92 Å². The summed E-state index contributed by atoms with van der Waals surface area (Å²) in [5.41, 5.74) is 1.38. The van der Waals surface area contributed by atoms with Gasteiger partial charge in [0.2, 0.25) is 5.91 Å². The van der Waals surface area contributed by atoms with Gasteiger partial charge < -0.3 is 15.2 Å². The second-order valence-corrected chi connectivity index (χ2v) is 5.01. The van der Waals surface area contributed by atoms with Crippen molar-refractivity contribution < 1.29 is 23.4 Å². The molecule has 0 heterocycles. The van der Waals surface area contributed by atoms with E-state index in [4.69, 9.17) is 0 Å². The third-order valence-electron chi connectivity index (χ3n) is 3.28. The Morgan fingerprint density at radius 1 is 1.17 bits per heavy atom. The van der Waals surface area contributed by atoms with E-state index in [2.05, 4.69) is 10.1 Å². The summed E-state index contributed by atoms with van der Waals surface area (Å²) < 4.78 is 29.3. The molecule has 122 valence electrons. The molecule has 0 aliphatic heterocycles. The first-order valence-corrected chi connectivity index (χ1v) is 7.04. The predicted molar refractivity (Wildman–Crippen MR) is 82.5 cm³/mol. The Morgan fingerprint density at radius 2 is 1.87 bits per heavy atom. The highest BCUT2D eigenvalue weighted by molar-refractivity contribution is 5.93. The lowest BCUT2D eigenvalue weighted by atomic mass is 10.1. The number of alkyl halides is 2. The molecule has 2 aromatic carbocycles. The Bertz CT molecular complexity index is 662. The van der Waals surface area contributed by atoms with Crippen molar-refractivity contribution in [3.8, 4) is 5.75 Å². The van der Waals surface area contributed by atoms with E-state index in [-0.39, 0.29) is 17.9 Å². The fourth-order valence-corrected chi connectivity index (χ4v) is 2.15. The van der Waals surface area contributed by atoms with E-state index in [0.717, 1.165) is 0 Å². The zero-order chi connectivity index (χ0) is 16.8. The molecule has 1 amide bonds. The number of anilines is 1. The lowest BCUT2D eigenvalue weighted by Gasteiger charge is -2.16. The first kappa shape index (κ1) is 16.9. The fourth-order valence-electron chi connectivity index (χ4n) is 2.15. The number of carbonyl (C=O) groups is 1. The van der Waals surface area contributed by atoms with Crippen LogP contribution in [0.4, 0.5) is 14.5 Å². The van der Waals surface area contributed by atoms with Gasteiger partial charge in [0.15, 0.2) is 0 Å². The molecule has 0 aliphatic rings. The number of nitrogens with one attached hydrogen (secondary N) is 1. The number of hydrogen-bond donors (Lipinski definition) is 2. The van der Waals surface area contributed by atoms with Gasteiger partial charge in [-0.15, -0.1) is 0 Å². The van der Waals surface area contributed by atoms with Gasteiger partial charge in [0, 0.05) is 0 Å². The fraction of sp³-hybridized carbons (Fsp3) is 0.235. The summed E-state index contributed by atoms with van der Waals surface area (Å²) in [4.78, 5) is 12.1. The molecule has 0 radical (unpaired) electrons. The summed E-state index contributed by atoms with van der Waals surface area (Å²) >= 11 is 0. The van der Waals surface area contributed by atoms with Crippen molar-refractivity contribution in [3.05, 3.63) is 59.7 Å². The van der Waals surface area contributed by atoms with Gasteiger partial charge >= 0.3 is 6.61 Å². The lowest BCUT2D eigenvalue weighted by Crippen LogP contribution is -2.17. The number of aliphatic hydroxyl groups is 1. The van der Waals surface area contributed by atoms with Gasteiger partial charge in [-0.05, 0) is 24.1 Å². The van der Waals surface area contributed by atoms with Crippen molar-refractivity contribution in [1.82, 2.24) is 0 Å². The Balaban J connectivity index is 2.08. The molecule has 1 unspecified atom stereocenters. The van der Waals surface area contributed by atoms with E-state index in [1.54, 1.807) is 49.4 Å². The highest BCUT2D eigenvalue weighted by atomic mass is 19.3. The van der Waals surface area contributed by atoms with Gasteiger partial charge in [-0.25, -0.2) is 0 Å². The molecule has 0 fully saturated rings. The van der Waals surface area contributed by atoms with Gasteiger partial charge in [-0.3, -0.25) is 4.79 Å². The first-order valence-electron chi connectivity index (χ1n) is 7.04. The quantitative estimate of drug-likeness (QED) is 0.853. The average molecular weight is 321 g/mol. The second-order valence-electron chi connectivity index (χ2n) is 5.01. The highest BCUT2D eigenvalue weighted by Gasteiger charge is 2.17. The van der Waals surface area contributed by atoms with E-state index in [0.29, 0.717) is 11.1 Å². The van der Waals surface area contributed by atoms with Crippen molar-refractivity contribution >= 4 is 11.6 Å². The second kappa shape index (κ2) is 7.69. The summed E-state index contributed by atoms with van der Waals surface area (Å²) in [6.07, 6.45) is -1.16. The topological polar surface area (TPSA) is 58.6 Å². The summed E-state index contributed by atoms with van der Waals surface area (Å²) in [6, 6.07) is 13.3. The van der Waals surface area contributed by atoms with Crippen molar-refractivity contribution in [3.63, 3.8) is 0 Å². The Morgan fingerprint density at radius 3 is 2.52 bits per heavy atom. The van der Waals surface area contributed by atoms with Crippen LogP contribution in [0.1, 0.15) is 23.7 Å². The van der Waals surface area contributed by atoms with Gasteiger partial charge in [0.05, 0.1) is 18.2 Å². The molecule has 0 saturated carbocycles. The van der Waals surface area contributed by atoms with Crippen LogP contribution in [0.15, 0.2) is 48.5 Å². The Hall–Kier alpha value is -2.47. The summed E-state index contributed by atoms with van der Waals surface area (Å²) in [5.74, 6) is -0.600.